The summed E-state index contributed by atoms with van der Waals surface area (Å²) in [6.45, 7) is 4.90. The van der Waals surface area contributed by atoms with Crippen molar-refractivity contribution in [2.45, 2.75) is 32.7 Å². The summed E-state index contributed by atoms with van der Waals surface area (Å²) in [5.41, 5.74) is 4.10. The molecule has 1 saturated heterocycles. The summed E-state index contributed by atoms with van der Waals surface area (Å²) < 4.78 is 1.19. The molecule has 1 amide bonds. The molecule has 24 heavy (non-hydrogen) atoms. The summed E-state index contributed by atoms with van der Waals surface area (Å²) in [5, 5.41) is 1.06. The van der Waals surface area contributed by atoms with Gasteiger partial charge in [0.25, 0.3) is 5.91 Å². The molecule has 2 aromatic carbocycles. The van der Waals surface area contributed by atoms with Crippen molar-refractivity contribution in [2.75, 3.05) is 6.54 Å². The molecule has 3 nitrogen and oxygen atoms in total. The molecule has 1 aromatic heterocycles. The van der Waals surface area contributed by atoms with Crippen LogP contribution in [-0.4, -0.2) is 22.3 Å². The van der Waals surface area contributed by atoms with Gasteiger partial charge in [0.15, 0.2) is 0 Å². The van der Waals surface area contributed by atoms with E-state index in [1.807, 2.05) is 42.2 Å². The zero-order valence-electron chi connectivity index (χ0n) is 14.0. The second-order valence-corrected chi connectivity index (χ2v) is 7.49. The van der Waals surface area contributed by atoms with E-state index in [4.69, 9.17) is 4.98 Å². The van der Waals surface area contributed by atoms with Gasteiger partial charge in [0.05, 0.1) is 16.3 Å². The summed E-state index contributed by atoms with van der Waals surface area (Å²) in [4.78, 5) is 19.9. The molecule has 4 rings (SSSR count). The van der Waals surface area contributed by atoms with Crippen molar-refractivity contribution in [3.05, 3.63) is 64.2 Å². The van der Waals surface area contributed by atoms with Gasteiger partial charge in [-0.3, -0.25) is 4.79 Å². The second-order valence-electron chi connectivity index (χ2n) is 6.42. The predicted octanol–water partition coefficient (Wildman–Crippen LogP) is 4.89. The lowest BCUT2D eigenvalue weighted by Crippen LogP contribution is -2.31. The maximum Gasteiger partial charge on any atom is 0.254 e. The fraction of sp³-hybridized carbons (Fsp3) is 0.300. The second kappa shape index (κ2) is 6.02. The number of carbonyl (C=O) groups is 1. The third kappa shape index (κ3) is 2.51. The normalized spacial score (nSPS) is 17.6. The molecule has 2 heterocycles. The minimum absolute atomic E-state index is 0.106. The van der Waals surface area contributed by atoms with Gasteiger partial charge < -0.3 is 4.90 Å². The number of amides is 1. The number of carbonyl (C=O) groups excluding carboxylic acids is 1. The maximum atomic E-state index is 13.1. The SMILES string of the molecule is Cc1cccc(C(=O)N2CCCC2c2nc3ccccc3s2)c1C. The highest BCUT2D eigenvalue weighted by molar-refractivity contribution is 7.18. The van der Waals surface area contributed by atoms with Crippen molar-refractivity contribution in [3.63, 3.8) is 0 Å². The summed E-state index contributed by atoms with van der Waals surface area (Å²) in [6.07, 6.45) is 2.04. The first-order valence-electron chi connectivity index (χ1n) is 8.38. The first kappa shape index (κ1) is 15.3. The van der Waals surface area contributed by atoms with Gasteiger partial charge in [-0.2, -0.15) is 0 Å². The fourth-order valence-electron chi connectivity index (χ4n) is 3.44. The van der Waals surface area contributed by atoms with E-state index in [1.54, 1.807) is 11.3 Å². The van der Waals surface area contributed by atoms with E-state index in [-0.39, 0.29) is 11.9 Å². The van der Waals surface area contributed by atoms with Gasteiger partial charge in [0.2, 0.25) is 0 Å². The Kier molecular flexibility index (Phi) is 3.85. The fourth-order valence-corrected chi connectivity index (χ4v) is 4.55. The predicted molar refractivity (Wildman–Crippen MR) is 98.5 cm³/mol. The van der Waals surface area contributed by atoms with E-state index in [1.165, 1.54) is 4.70 Å². The Morgan fingerprint density at radius 1 is 1.17 bits per heavy atom. The van der Waals surface area contributed by atoms with E-state index in [0.717, 1.165) is 46.6 Å². The van der Waals surface area contributed by atoms with Crippen molar-refractivity contribution in [1.29, 1.82) is 0 Å². The number of aryl methyl sites for hydroxylation is 1. The lowest BCUT2D eigenvalue weighted by atomic mass is 10.0. The third-order valence-corrected chi connectivity index (χ3v) is 6.08. The van der Waals surface area contributed by atoms with Crippen LogP contribution in [0, 0.1) is 13.8 Å². The molecule has 1 aliphatic heterocycles. The molecule has 122 valence electrons. The van der Waals surface area contributed by atoms with Crippen LogP contribution in [0.4, 0.5) is 0 Å². The van der Waals surface area contributed by atoms with Gasteiger partial charge in [-0.05, 0) is 56.0 Å². The summed E-state index contributed by atoms with van der Waals surface area (Å²) >= 11 is 1.71. The highest BCUT2D eigenvalue weighted by atomic mass is 32.1. The van der Waals surface area contributed by atoms with Gasteiger partial charge in [-0.25, -0.2) is 4.98 Å². The number of fused-ring (bicyclic) bond motifs is 1. The van der Waals surface area contributed by atoms with Gasteiger partial charge in [-0.1, -0.05) is 24.3 Å². The largest absolute Gasteiger partial charge is 0.329 e. The molecule has 1 atom stereocenters. The van der Waals surface area contributed by atoms with Crippen LogP contribution in [-0.2, 0) is 0 Å². The van der Waals surface area contributed by atoms with Crippen molar-refractivity contribution in [3.8, 4) is 0 Å². The van der Waals surface area contributed by atoms with E-state index < -0.39 is 0 Å². The van der Waals surface area contributed by atoms with Crippen LogP contribution in [0.3, 0.4) is 0 Å². The Morgan fingerprint density at radius 3 is 2.83 bits per heavy atom. The van der Waals surface area contributed by atoms with E-state index in [2.05, 4.69) is 19.1 Å². The van der Waals surface area contributed by atoms with Gasteiger partial charge in [0.1, 0.15) is 5.01 Å². The number of aromatic nitrogens is 1. The molecule has 3 aromatic rings. The maximum absolute atomic E-state index is 13.1. The number of benzene rings is 2. The Bertz CT molecular complexity index is 882. The highest BCUT2D eigenvalue weighted by Crippen LogP contribution is 2.37. The monoisotopic (exact) mass is 336 g/mol. The quantitative estimate of drug-likeness (QED) is 0.667. The van der Waals surface area contributed by atoms with Crippen molar-refractivity contribution in [1.82, 2.24) is 9.88 Å². The van der Waals surface area contributed by atoms with Crippen LogP contribution in [0.1, 0.15) is 45.4 Å². The number of nitrogens with zero attached hydrogens (tertiary/aromatic N) is 2. The van der Waals surface area contributed by atoms with Crippen LogP contribution in [0.15, 0.2) is 42.5 Å². The van der Waals surface area contributed by atoms with Gasteiger partial charge in [-0.15, -0.1) is 11.3 Å². The standard InChI is InChI=1S/C20H20N2OS/c1-13-7-5-8-15(14(13)2)20(23)22-12-6-10-17(22)19-21-16-9-3-4-11-18(16)24-19/h3-5,7-9,11,17H,6,10,12H2,1-2H3. The van der Waals surface area contributed by atoms with E-state index >= 15 is 0 Å². The van der Waals surface area contributed by atoms with E-state index in [9.17, 15) is 4.79 Å². The first-order chi connectivity index (χ1) is 11.6. The molecule has 4 heteroatoms. The van der Waals surface area contributed by atoms with Crippen LogP contribution in [0.25, 0.3) is 10.2 Å². The third-order valence-electron chi connectivity index (χ3n) is 4.94. The molecular weight excluding hydrogens is 316 g/mol. The average molecular weight is 336 g/mol. The topological polar surface area (TPSA) is 33.2 Å². The molecule has 0 saturated carbocycles. The number of hydrogen-bond donors (Lipinski definition) is 0. The Morgan fingerprint density at radius 2 is 2.00 bits per heavy atom. The molecule has 0 spiro atoms. The molecule has 1 fully saturated rings. The molecule has 0 aliphatic carbocycles. The molecule has 1 aliphatic rings. The van der Waals surface area contributed by atoms with Crippen LogP contribution in [0.2, 0.25) is 0 Å². The number of hydrogen-bond acceptors (Lipinski definition) is 3. The lowest BCUT2D eigenvalue weighted by Gasteiger charge is -2.24. The Balaban J connectivity index is 1.69. The number of rotatable bonds is 2. The zero-order valence-corrected chi connectivity index (χ0v) is 14.8. The Labute approximate surface area is 146 Å². The highest BCUT2D eigenvalue weighted by Gasteiger charge is 2.33. The first-order valence-corrected chi connectivity index (χ1v) is 9.19. The number of para-hydroxylation sites is 1. The smallest absolute Gasteiger partial charge is 0.254 e. The van der Waals surface area contributed by atoms with Crippen LogP contribution >= 0.6 is 11.3 Å². The van der Waals surface area contributed by atoms with Crippen molar-refractivity contribution < 1.29 is 4.79 Å². The lowest BCUT2D eigenvalue weighted by molar-refractivity contribution is 0.0734. The zero-order chi connectivity index (χ0) is 16.7. The van der Waals surface area contributed by atoms with E-state index in [0.29, 0.717) is 0 Å². The van der Waals surface area contributed by atoms with Crippen molar-refractivity contribution >= 4 is 27.5 Å². The average Bonchev–Trinajstić information content (AvgIpc) is 3.22. The van der Waals surface area contributed by atoms with Gasteiger partial charge >= 0.3 is 0 Å². The van der Waals surface area contributed by atoms with Gasteiger partial charge in [0, 0.05) is 12.1 Å². The number of thiazole rings is 1. The minimum atomic E-state index is 0.106. The molecule has 1 unspecified atom stereocenters. The molecular formula is C20H20N2OS. The molecule has 0 radical (unpaired) electrons. The minimum Gasteiger partial charge on any atom is -0.329 e. The van der Waals surface area contributed by atoms with Crippen LogP contribution in [0.5, 0.6) is 0 Å². The summed E-state index contributed by atoms with van der Waals surface area (Å²) in [7, 11) is 0. The Hall–Kier alpha value is -2.20. The summed E-state index contributed by atoms with van der Waals surface area (Å²) in [5.74, 6) is 0.137. The summed E-state index contributed by atoms with van der Waals surface area (Å²) in [6, 6.07) is 14.3. The molecule has 0 bridgehead atoms. The van der Waals surface area contributed by atoms with Crippen molar-refractivity contribution in [2.24, 2.45) is 0 Å². The molecule has 0 N–H and O–H groups in total. The number of likely N-dealkylation sites (tertiary alicyclic amines) is 1. The van der Waals surface area contributed by atoms with Crippen LogP contribution < -0.4 is 0 Å².